The predicted molar refractivity (Wildman–Crippen MR) is 115 cm³/mol. The van der Waals surface area contributed by atoms with Crippen molar-refractivity contribution >= 4 is 5.69 Å². The van der Waals surface area contributed by atoms with E-state index in [1.807, 2.05) is 0 Å². The van der Waals surface area contributed by atoms with Crippen molar-refractivity contribution in [1.82, 2.24) is 15.3 Å². The fourth-order valence-electron chi connectivity index (χ4n) is 3.46. The molecular weight excluding hydrogens is 421 g/mol. The molecule has 4 rings (SSSR count). The molecule has 0 radical (unpaired) electrons. The fourth-order valence-corrected chi connectivity index (χ4v) is 3.46. The van der Waals surface area contributed by atoms with Crippen molar-refractivity contribution in [3.05, 3.63) is 60.3 Å². The van der Waals surface area contributed by atoms with Gasteiger partial charge in [-0.25, -0.2) is 4.98 Å². The molecule has 3 aromatic rings. The number of hydrogen-bond donors (Lipinski definition) is 2. The summed E-state index contributed by atoms with van der Waals surface area (Å²) >= 11 is 0. The summed E-state index contributed by atoms with van der Waals surface area (Å²) in [6.07, 6.45) is -0.734. The van der Waals surface area contributed by atoms with E-state index < -0.39 is 11.7 Å². The second-order valence-electron chi connectivity index (χ2n) is 7.44. The Kier molecular flexibility index (Phi) is 6.45. The van der Waals surface area contributed by atoms with Crippen molar-refractivity contribution in [1.29, 1.82) is 0 Å². The van der Waals surface area contributed by atoms with E-state index in [1.165, 1.54) is 18.3 Å². The number of benzene rings is 2. The lowest BCUT2D eigenvalue weighted by atomic mass is 10.1. The molecule has 2 heterocycles. The second-order valence-corrected chi connectivity index (χ2v) is 7.44. The Morgan fingerprint density at radius 2 is 1.91 bits per heavy atom. The maximum atomic E-state index is 13.1. The zero-order valence-corrected chi connectivity index (χ0v) is 17.4. The first-order chi connectivity index (χ1) is 15.4. The summed E-state index contributed by atoms with van der Waals surface area (Å²) < 4.78 is 50.5. The average molecular weight is 444 g/mol. The summed E-state index contributed by atoms with van der Waals surface area (Å²) in [4.78, 5) is 8.72. The number of anilines is 1. The van der Waals surface area contributed by atoms with E-state index in [9.17, 15) is 13.2 Å². The topological polar surface area (TPSA) is 68.3 Å². The molecular formula is C23H23F3N4O2. The van der Waals surface area contributed by atoms with Gasteiger partial charge in [0.2, 0.25) is 5.88 Å². The zero-order chi connectivity index (χ0) is 22.6. The van der Waals surface area contributed by atoms with Gasteiger partial charge in [-0.2, -0.15) is 18.2 Å². The van der Waals surface area contributed by atoms with Crippen molar-refractivity contribution in [3.63, 3.8) is 0 Å². The summed E-state index contributed by atoms with van der Waals surface area (Å²) in [5.74, 6) is 1.57. The molecule has 0 spiro atoms. The molecule has 168 valence electrons. The van der Waals surface area contributed by atoms with Gasteiger partial charge in [0.05, 0.1) is 18.9 Å². The summed E-state index contributed by atoms with van der Waals surface area (Å²) in [6, 6.07) is 12.2. The Morgan fingerprint density at radius 1 is 1.12 bits per heavy atom. The van der Waals surface area contributed by atoms with Gasteiger partial charge >= 0.3 is 6.18 Å². The van der Waals surface area contributed by atoms with E-state index in [2.05, 4.69) is 20.6 Å². The highest BCUT2D eigenvalue weighted by atomic mass is 19.4. The highest BCUT2D eigenvalue weighted by Crippen LogP contribution is 2.34. The molecule has 0 amide bonds. The van der Waals surface area contributed by atoms with E-state index in [4.69, 9.17) is 9.47 Å². The van der Waals surface area contributed by atoms with Crippen molar-refractivity contribution < 1.29 is 22.6 Å². The number of alkyl halides is 3. The van der Waals surface area contributed by atoms with Gasteiger partial charge in [0, 0.05) is 18.2 Å². The lowest BCUT2D eigenvalue weighted by Gasteiger charge is -2.16. The number of nitrogens with one attached hydrogen (secondary N) is 2. The lowest BCUT2D eigenvalue weighted by molar-refractivity contribution is -0.137. The number of rotatable bonds is 7. The molecule has 1 aliphatic rings. The molecule has 0 saturated carbocycles. The van der Waals surface area contributed by atoms with Crippen LogP contribution in [0.15, 0.2) is 54.7 Å². The standard InChI is InChI=1S/C23H23F3N4O2/c1-31-18-7-9-19(10-8-18)32-22-20(28-13-17-6-3-11-27-17)14-29-21(30-22)15-4-2-5-16(12-15)23(24,25)26/h2,4-5,7-10,12,14,17,27-28H,3,6,11,13H2,1H3/t17-/m0/s1. The van der Waals surface area contributed by atoms with Crippen LogP contribution in [0.3, 0.4) is 0 Å². The molecule has 2 aromatic carbocycles. The third kappa shape index (κ3) is 5.28. The van der Waals surface area contributed by atoms with Crippen LogP contribution >= 0.6 is 0 Å². The van der Waals surface area contributed by atoms with Crippen molar-refractivity contribution in [2.45, 2.75) is 25.1 Å². The van der Waals surface area contributed by atoms with E-state index in [0.717, 1.165) is 31.5 Å². The quantitative estimate of drug-likeness (QED) is 0.527. The van der Waals surface area contributed by atoms with Crippen LogP contribution in [0.2, 0.25) is 0 Å². The number of methoxy groups -OCH3 is 1. The van der Waals surface area contributed by atoms with E-state index in [-0.39, 0.29) is 17.3 Å². The molecule has 1 aliphatic heterocycles. The lowest BCUT2D eigenvalue weighted by Crippen LogP contribution is -2.29. The van der Waals surface area contributed by atoms with Gasteiger partial charge in [-0.3, -0.25) is 0 Å². The van der Waals surface area contributed by atoms with Gasteiger partial charge in [0.15, 0.2) is 5.82 Å². The molecule has 6 nitrogen and oxygen atoms in total. The minimum absolute atomic E-state index is 0.143. The molecule has 1 atom stereocenters. The number of aromatic nitrogens is 2. The normalized spacial score (nSPS) is 16.1. The SMILES string of the molecule is COc1ccc(Oc2nc(-c3cccc(C(F)(F)F)c3)ncc2NC[C@@H]2CCCN2)cc1. The monoisotopic (exact) mass is 444 g/mol. The fraction of sp³-hybridized carbons (Fsp3) is 0.304. The Morgan fingerprint density at radius 3 is 2.59 bits per heavy atom. The molecule has 1 aromatic heterocycles. The minimum Gasteiger partial charge on any atom is -0.497 e. The van der Waals surface area contributed by atoms with Gasteiger partial charge in [-0.15, -0.1) is 0 Å². The van der Waals surface area contributed by atoms with Crippen molar-refractivity contribution in [3.8, 4) is 28.8 Å². The smallest absolute Gasteiger partial charge is 0.416 e. The third-order valence-electron chi connectivity index (χ3n) is 5.18. The Bertz CT molecular complexity index is 1050. The van der Waals surface area contributed by atoms with E-state index in [0.29, 0.717) is 29.8 Å². The van der Waals surface area contributed by atoms with E-state index >= 15 is 0 Å². The second kappa shape index (κ2) is 9.44. The Labute approximate surface area is 183 Å². The van der Waals surface area contributed by atoms with Crippen LogP contribution in [0.5, 0.6) is 17.4 Å². The predicted octanol–water partition coefficient (Wildman–Crippen LogP) is 5.13. The molecule has 0 unspecified atom stereocenters. The maximum absolute atomic E-state index is 13.1. The average Bonchev–Trinajstić information content (AvgIpc) is 3.32. The maximum Gasteiger partial charge on any atom is 0.416 e. The highest BCUT2D eigenvalue weighted by molar-refractivity contribution is 5.61. The number of ether oxygens (including phenoxy) is 2. The molecule has 2 N–H and O–H groups in total. The van der Waals surface area contributed by atoms with Gasteiger partial charge in [0.1, 0.15) is 17.2 Å². The largest absolute Gasteiger partial charge is 0.497 e. The van der Waals surface area contributed by atoms with Crippen LogP contribution in [0, 0.1) is 0 Å². The van der Waals surface area contributed by atoms with Crippen LogP contribution in [0.1, 0.15) is 18.4 Å². The van der Waals surface area contributed by atoms with Crippen molar-refractivity contribution in [2.75, 3.05) is 25.5 Å². The molecule has 0 aliphatic carbocycles. The summed E-state index contributed by atoms with van der Waals surface area (Å²) in [7, 11) is 1.57. The third-order valence-corrected chi connectivity index (χ3v) is 5.18. The Balaban J connectivity index is 1.64. The van der Waals surface area contributed by atoms with Crippen LogP contribution in [-0.2, 0) is 6.18 Å². The van der Waals surface area contributed by atoms with Gasteiger partial charge in [-0.05, 0) is 55.8 Å². The van der Waals surface area contributed by atoms with Gasteiger partial charge in [0.25, 0.3) is 0 Å². The number of hydrogen-bond acceptors (Lipinski definition) is 6. The van der Waals surface area contributed by atoms with Crippen LogP contribution in [-0.4, -0.2) is 36.2 Å². The van der Waals surface area contributed by atoms with Crippen LogP contribution < -0.4 is 20.1 Å². The highest BCUT2D eigenvalue weighted by Gasteiger charge is 2.30. The summed E-state index contributed by atoms with van der Waals surface area (Å²) in [6.45, 7) is 1.64. The summed E-state index contributed by atoms with van der Waals surface area (Å²) in [5.41, 5.74) is 0.0550. The van der Waals surface area contributed by atoms with Crippen LogP contribution in [0.25, 0.3) is 11.4 Å². The minimum atomic E-state index is -4.45. The first-order valence-corrected chi connectivity index (χ1v) is 10.3. The first-order valence-electron chi connectivity index (χ1n) is 10.3. The first kappa shape index (κ1) is 21.9. The van der Waals surface area contributed by atoms with E-state index in [1.54, 1.807) is 31.4 Å². The summed E-state index contributed by atoms with van der Waals surface area (Å²) in [5, 5.41) is 6.70. The number of nitrogens with zero attached hydrogens (tertiary/aromatic N) is 2. The van der Waals surface area contributed by atoms with Gasteiger partial charge < -0.3 is 20.1 Å². The number of halogens is 3. The van der Waals surface area contributed by atoms with Crippen LogP contribution in [0.4, 0.5) is 18.9 Å². The van der Waals surface area contributed by atoms with Gasteiger partial charge in [-0.1, -0.05) is 12.1 Å². The molecule has 1 saturated heterocycles. The Hall–Kier alpha value is -3.33. The molecule has 9 heteroatoms. The molecule has 32 heavy (non-hydrogen) atoms. The zero-order valence-electron chi connectivity index (χ0n) is 17.4. The molecule has 0 bridgehead atoms. The molecule has 1 fully saturated rings. The van der Waals surface area contributed by atoms with Crippen molar-refractivity contribution in [2.24, 2.45) is 0 Å².